The van der Waals surface area contributed by atoms with E-state index < -0.39 is 0 Å². The quantitative estimate of drug-likeness (QED) is 0.556. The number of rotatable bonds is 4. The van der Waals surface area contributed by atoms with Gasteiger partial charge in [0.05, 0.1) is 5.41 Å². The summed E-state index contributed by atoms with van der Waals surface area (Å²) < 4.78 is 0. The van der Waals surface area contributed by atoms with E-state index in [1.165, 1.54) is 0 Å². The molecule has 3 heteroatoms. The summed E-state index contributed by atoms with van der Waals surface area (Å²) in [5, 5.41) is 6.32. The molecule has 0 radical (unpaired) electrons. The Morgan fingerprint density at radius 3 is 2.94 bits per heavy atom. The topological polar surface area (TPSA) is 41.1 Å². The Morgan fingerprint density at radius 2 is 2.38 bits per heavy atom. The van der Waals surface area contributed by atoms with Crippen molar-refractivity contribution in [1.29, 1.82) is 0 Å². The van der Waals surface area contributed by atoms with E-state index in [0.717, 1.165) is 38.8 Å². The number of carbonyl (C=O) groups excluding carboxylic acids is 1. The van der Waals surface area contributed by atoms with Crippen LogP contribution in [0.15, 0.2) is 0 Å². The molecule has 1 aliphatic heterocycles. The molecule has 0 aromatic rings. The van der Waals surface area contributed by atoms with Crippen LogP contribution in [0, 0.1) is 17.3 Å². The summed E-state index contributed by atoms with van der Waals surface area (Å²) >= 11 is 0. The van der Waals surface area contributed by atoms with Crippen molar-refractivity contribution in [3.05, 3.63) is 0 Å². The van der Waals surface area contributed by atoms with Crippen molar-refractivity contribution in [2.45, 2.75) is 39.5 Å². The minimum Gasteiger partial charge on any atom is -0.355 e. The molecular formula is C13H22N2O. The summed E-state index contributed by atoms with van der Waals surface area (Å²) in [4.78, 5) is 12.1. The Balaban J connectivity index is 2.44. The fourth-order valence-electron chi connectivity index (χ4n) is 2.18. The lowest BCUT2D eigenvalue weighted by Crippen LogP contribution is -2.50. The van der Waals surface area contributed by atoms with E-state index in [4.69, 9.17) is 0 Å². The van der Waals surface area contributed by atoms with E-state index in [1.54, 1.807) is 0 Å². The summed E-state index contributed by atoms with van der Waals surface area (Å²) in [6.07, 6.45) is 3.75. The van der Waals surface area contributed by atoms with Crippen LogP contribution in [0.5, 0.6) is 0 Å². The molecule has 1 fully saturated rings. The van der Waals surface area contributed by atoms with E-state index >= 15 is 0 Å². The van der Waals surface area contributed by atoms with Crippen molar-refractivity contribution in [2.24, 2.45) is 5.41 Å². The molecule has 1 heterocycles. The second-order valence-electron chi connectivity index (χ2n) is 4.35. The fraction of sp³-hybridized carbons (Fsp3) is 0.769. The Hall–Kier alpha value is -1.01. The van der Waals surface area contributed by atoms with Gasteiger partial charge >= 0.3 is 0 Å². The second kappa shape index (κ2) is 6.55. The highest BCUT2D eigenvalue weighted by molar-refractivity contribution is 5.83. The summed E-state index contributed by atoms with van der Waals surface area (Å²) in [7, 11) is 0. The van der Waals surface area contributed by atoms with Gasteiger partial charge < -0.3 is 10.6 Å². The summed E-state index contributed by atoms with van der Waals surface area (Å²) in [6.45, 7) is 6.44. The molecule has 16 heavy (non-hydrogen) atoms. The highest BCUT2D eigenvalue weighted by Crippen LogP contribution is 2.30. The SMILES string of the molecule is CC#CCCNC(=O)C1(CC)CCCNC1. The number of amides is 1. The van der Waals surface area contributed by atoms with E-state index in [9.17, 15) is 4.79 Å². The molecule has 0 bridgehead atoms. The van der Waals surface area contributed by atoms with Crippen LogP contribution in [0.3, 0.4) is 0 Å². The zero-order chi connectivity index (χ0) is 11.9. The van der Waals surface area contributed by atoms with E-state index in [0.29, 0.717) is 6.54 Å². The minimum absolute atomic E-state index is 0.183. The van der Waals surface area contributed by atoms with Gasteiger partial charge in [-0.05, 0) is 32.7 Å². The number of piperidine rings is 1. The molecule has 90 valence electrons. The van der Waals surface area contributed by atoms with Gasteiger partial charge in [0.25, 0.3) is 0 Å². The maximum Gasteiger partial charge on any atom is 0.227 e. The van der Waals surface area contributed by atoms with Gasteiger partial charge in [0, 0.05) is 19.5 Å². The highest BCUT2D eigenvalue weighted by Gasteiger charge is 2.37. The first kappa shape index (κ1) is 13.1. The molecule has 1 rings (SSSR count). The van der Waals surface area contributed by atoms with Crippen LogP contribution in [0.1, 0.15) is 39.5 Å². The van der Waals surface area contributed by atoms with Gasteiger partial charge in [-0.2, -0.15) is 0 Å². The Bertz CT molecular complexity index is 282. The van der Waals surface area contributed by atoms with Gasteiger partial charge in [-0.3, -0.25) is 4.79 Å². The van der Waals surface area contributed by atoms with Crippen molar-refractivity contribution >= 4 is 5.91 Å². The number of hydrogen-bond donors (Lipinski definition) is 2. The lowest BCUT2D eigenvalue weighted by Gasteiger charge is -2.35. The first-order valence-corrected chi connectivity index (χ1v) is 6.14. The number of hydrogen-bond acceptors (Lipinski definition) is 2. The summed E-state index contributed by atoms with van der Waals surface area (Å²) in [6, 6.07) is 0. The molecule has 3 nitrogen and oxygen atoms in total. The number of carbonyl (C=O) groups is 1. The smallest absolute Gasteiger partial charge is 0.227 e. The average Bonchev–Trinajstić information content (AvgIpc) is 2.35. The second-order valence-corrected chi connectivity index (χ2v) is 4.35. The molecule has 0 aromatic heterocycles. The third kappa shape index (κ3) is 3.24. The molecule has 0 saturated carbocycles. The van der Waals surface area contributed by atoms with Crippen LogP contribution < -0.4 is 10.6 Å². The zero-order valence-electron chi connectivity index (χ0n) is 10.4. The molecule has 2 N–H and O–H groups in total. The fourth-order valence-corrected chi connectivity index (χ4v) is 2.18. The highest BCUT2D eigenvalue weighted by atomic mass is 16.2. The maximum atomic E-state index is 12.1. The molecule has 1 aliphatic rings. The normalized spacial score (nSPS) is 24.4. The third-order valence-electron chi connectivity index (χ3n) is 3.34. The maximum absolute atomic E-state index is 12.1. The molecule has 1 amide bonds. The Kier molecular flexibility index (Phi) is 5.34. The van der Waals surface area contributed by atoms with E-state index in [1.807, 2.05) is 6.92 Å². The van der Waals surface area contributed by atoms with Crippen molar-refractivity contribution in [3.63, 3.8) is 0 Å². The molecule has 0 aliphatic carbocycles. The Morgan fingerprint density at radius 1 is 1.56 bits per heavy atom. The molecule has 1 unspecified atom stereocenters. The van der Waals surface area contributed by atoms with Crippen LogP contribution in [0.25, 0.3) is 0 Å². The van der Waals surface area contributed by atoms with E-state index in [-0.39, 0.29) is 11.3 Å². The molecular weight excluding hydrogens is 200 g/mol. The van der Waals surface area contributed by atoms with Crippen LogP contribution in [0.2, 0.25) is 0 Å². The van der Waals surface area contributed by atoms with Gasteiger partial charge in [-0.1, -0.05) is 6.92 Å². The monoisotopic (exact) mass is 222 g/mol. The van der Waals surface area contributed by atoms with Gasteiger partial charge in [0.1, 0.15) is 0 Å². The first-order valence-electron chi connectivity index (χ1n) is 6.14. The third-order valence-corrected chi connectivity index (χ3v) is 3.34. The largest absolute Gasteiger partial charge is 0.355 e. The molecule has 0 aromatic carbocycles. The van der Waals surface area contributed by atoms with Gasteiger partial charge in [-0.15, -0.1) is 11.8 Å². The van der Waals surface area contributed by atoms with Crippen molar-refractivity contribution in [2.75, 3.05) is 19.6 Å². The predicted molar refractivity (Wildman–Crippen MR) is 65.9 cm³/mol. The van der Waals surface area contributed by atoms with Crippen molar-refractivity contribution in [1.82, 2.24) is 10.6 Å². The van der Waals surface area contributed by atoms with Crippen LogP contribution in [-0.4, -0.2) is 25.5 Å². The standard InChI is InChI=1S/C13H22N2O/c1-3-5-6-10-15-12(16)13(4-2)8-7-9-14-11-13/h14H,4,6-11H2,1-2H3,(H,15,16). The van der Waals surface area contributed by atoms with Crippen LogP contribution in [0.4, 0.5) is 0 Å². The van der Waals surface area contributed by atoms with Crippen molar-refractivity contribution < 1.29 is 4.79 Å². The Labute approximate surface area is 98.4 Å². The molecule has 1 saturated heterocycles. The minimum atomic E-state index is -0.183. The van der Waals surface area contributed by atoms with Gasteiger partial charge in [-0.25, -0.2) is 0 Å². The predicted octanol–water partition coefficient (Wildman–Crippen LogP) is 1.30. The average molecular weight is 222 g/mol. The van der Waals surface area contributed by atoms with E-state index in [2.05, 4.69) is 29.4 Å². The van der Waals surface area contributed by atoms with Gasteiger partial charge in [0.2, 0.25) is 5.91 Å². The zero-order valence-corrected chi connectivity index (χ0v) is 10.4. The molecule has 0 spiro atoms. The van der Waals surface area contributed by atoms with Crippen LogP contribution in [-0.2, 0) is 4.79 Å². The first-order chi connectivity index (χ1) is 7.75. The number of nitrogens with one attached hydrogen (secondary N) is 2. The molecule has 1 atom stereocenters. The lowest BCUT2D eigenvalue weighted by atomic mass is 9.77. The van der Waals surface area contributed by atoms with Crippen molar-refractivity contribution in [3.8, 4) is 11.8 Å². The van der Waals surface area contributed by atoms with Gasteiger partial charge in [0.15, 0.2) is 0 Å². The summed E-state index contributed by atoms with van der Waals surface area (Å²) in [5.74, 6) is 5.98. The lowest BCUT2D eigenvalue weighted by molar-refractivity contribution is -0.132. The summed E-state index contributed by atoms with van der Waals surface area (Å²) in [5.41, 5.74) is -0.183. The van der Waals surface area contributed by atoms with Crippen LogP contribution >= 0.6 is 0 Å².